The fourth-order valence-corrected chi connectivity index (χ4v) is 7.15. The molecule has 3 nitrogen and oxygen atoms in total. The van der Waals surface area contributed by atoms with Gasteiger partial charge in [0.2, 0.25) is 0 Å². The van der Waals surface area contributed by atoms with Crippen molar-refractivity contribution in [2.24, 2.45) is 5.92 Å². The fourth-order valence-electron chi connectivity index (χ4n) is 5.08. The molecule has 0 fully saturated rings. The summed E-state index contributed by atoms with van der Waals surface area (Å²) < 4.78 is 9.46. The van der Waals surface area contributed by atoms with Crippen LogP contribution in [-0.4, -0.2) is 9.97 Å². The minimum absolute atomic E-state index is 0.216. The van der Waals surface area contributed by atoms with Crippen molar-refractivity contribution in [2.75, 3.05) is 0 Å². The highest BCUT2D eigenvalue weighted by atomic mass is 32.1. The Morgan fingerprint density at radius 2 is 1.48 bits per heavy atom. The zero-order chi connectivity index (χ0) is 23.2. The first kappa shape index (κ1) is 22.3. The molecule has 0 amide bonds. The summed E-state index contributed by atoms with van der Waals surface area (Å²) in [6, 6.07) is 16.7. The Morgan fingerprint density at radius 3 is 2.12 bits per heavy atom. The number of allylic oxidation sites excluding steroid dienone is 2. The van der Waals surface area contributed by atoms with Crippen molar-refractivity contribution in [2.45, 2.75) is 59.5 Å². The number of hydrogen-bond donors (Lipinski definition) is 0. The molecular weight excluding hydrogens is 444 g/mol. The molecule has 0 radical (unpaired) electrons. The van der Waals surface area contributed by atoms with E-state index in [9.17, 15) is 0 Å². The van der Waals surface area contributed by atoms with Crippen molar-refractivity contribution < 1.29 is 4.74 Å². The van der Waals surface area contributed by atoms with E-state index in [1.165, 1.54) is 27.0 Å². The number of nitrogens with zero attached hydrogens (tertiary/aromatic N) is 2. The van der Waals surface area contributed by atoms with E-state index in [2.05, 4.69) is 77.1 Å². The number of thiazole rings is 2. The highest BCUT2D eigenvalue weighted by Crippen LogP contribution is 2.54. The van der Waals surface area contributed by atoms with Crippen LogP contribution >= 0.6 is 22.7 Å². The minimum atomic E-state index is -0.652. The second-order valence-corrected chi connectivity index (χ2v) is 11.0. The smallest absolute Gasteiger partial charge is 0.275 e. The van der Waals surface area contributed by atoms with Crippen LogP contribution in [0, 0.1) is 5.92 Å². The number of ether oxygens (including phenoxy) is 1. The van der Waals surface area contributed by atoms with Crippen LogP contribution < -0.4 is 4.74 Å². The third kappa shape index (κ3) is 3.62. The first-order valence-electron chi connectivity index (χ1n) is 11.7. The van der Waals surface area contributed by atoms with Crippen LogP contribution in [0.15, 0.2) is 70.8 Å². The summed E-state index contributed by atoms with van der Waals surface area (Å²) in [4.78, 5) is 10.1. The number of hydrogen-bond acceptors (Lipinski definition) is 5. The number of fused-ring (bicyclic) bond motifs is 2. The van der Waals surface area contributed by atoms with Crippen LogP contribution in [0.1, 0.15) is 58.9 Å². The third-order valence-electron chi connectivity index (χ3n) is 7.27. The van der Waals surface area contributed by atoms with Crippen LogP contribution in [-0.2, 0) is 5.60 Å². The van der Waals surface area contributed by atoms with E-state index in [-0.39, 0.29) is 5.92 Å². The molecule has 1 aliphatic rings. The lowest BCUT2D eigenvalue weighted by Gasteiger charge is -2.44. The highest BCUT2D eigenvalue weighted by Gasteiger charge is 2.51. The molecule has 2 unspecified atom stereocenters. The molecule has 0 bridgehead atoms. The van der Waals surface area contributed by atoms with Gasteiger partial charge in [-0.15, -0.1) is 11.3 Å². The Labute approximate surface area is 203 Å². The summed E-state index contributed by atoms with van der Waals surface area (Å²) in [7, 11) is 0. The molecule has 0 saturated carbocycles. The van der Waals surface area contributed by atoms with E-state index in [1.807, 2.05) is 6.07 Å². The van der Waals surface area contributed by atoms with E-state index >= 15 is 0 Å². The van der Waals surface area contributed by atoms with E-state index in [4.69, 9.17) is 14.7 Å². The second kappa shape index (κ2) is 8.69. The molecule has 0 spiro atoms. The van der Waals surface area contributed by atoms with E-state index in [0.29, 0.717) is 0 Å². The van der Waals surface area contributed by atoms with Crippen molar-refractivity contribution >= 4 is 43.1 Å². The molecular formula is C28H30N2OS2. The van der Waals surface area contributed by atoms with E-state index in [0.717, 1.165) is 45.2 Å². The van der Waals surface area contributed by atoms with Gasteiger partial charge in [0.25, 0.3) is 5.19 Å². The monoisotopic (exact) mass is 474 g/mol. The van der Waals surface area contributed by atoms with Gasteiger partial charge in [0.05, 0.1) is 20.4 Å². The Bertz CT molecular complexity index is 1330. The summed E-state index contributed by atoms with van der Waals surface area (Å²) in [5.74, 6) is 0.216. The number of rotatable bonds is 6. The SMILES string of the molecule is CCCCC1C(C)=C(C)C(C)=C(C)C1(Oc1nc2ccccc2s1)c1nc2ccccc2s1. The molecule has 1 aliphatic carbocycles. The molecule has 2 atom stereocenters. The van der Waals surface area contributed by atoms with Gasteiger partial charge in [-0.25, -0.2) is 9.97 Å². The van der Waals surface area contributed by atoms with Gasteiger partial charge < -0.3 is 4.74 Å². The normalized spacial score (nSPS) is 21.4. The predicted molar refractivity (Wildman–Crippen MR) is 141 cm³/mol. The Hall–Kier alpha value is -2.50. The number of unbranched alkanes of at least 4 members (excludes halogenated alkanes) is 1. The molecule has 5 heteroatoms. The maximum absolute atomic E-state index is 7.12. The van der Waals surface area contributed by atoms with Gasteiger partial charge in [-0.1, -0.05) is 60.9 Å². The van der Waals surface area contributed by atoms with Gasteiger partial charge in [0.1, 0.15) is 5.01 Å². The zero-order valence-corrected chi connectivity index (χ0v) is 21.6. The van der Waals surface area contributed by atoms with Crippen molar-refractivity contribution in [1.82, 2.24) is 9.97 Å². The third-order valence-corrected chi connectivity index (χ3v) is 9.33. The summed E-state index contributed by atoms with van der Waals surface area (Å²) in [6.45, 7) is 11.3. The lowest BCUT2D eigenvalue weighted by Crippen LogP contribution is -2.45. The maximum atomic E-state index is 7.12. The van der Waals surface area contributed by atoms with Crippen LogP contribution in [0.2, 0.25) is 0 Å². The topological polar surface area (TPSA) is 35.0 Å². The molecule has 33 heavy (non-hydrogen) atoms. The molecule has 5 rings (SSSR count). The summed E-state index contributed by atoms with van der Waals surface area (Å²) in [6.07, 6.45) is 3.37. The van der Waals surface area contributed by atoms with Crippen LogP contribution in [0.25, 0.3) is 20.4 Å². The average molecular weight is 475 g/mol. The Kier molecular flexibility index (Phi) is 5.87. The molecule has 0 N–H and O–H groups in total. The van der Waals surface area contributed by atoms with Gasteiger partial charge >= 0.3 is 0 Å². The molecule has 4 aromatic rings. The molecule has 0 aliphatic heterocycles. The van der Waals surface area contributed by atoms with E-state index in [1.54, 1.807) is 22.7 Å². The molecule has 2 aromatic carbocycles. The largest absolute Gasteiger partial charge is 0.451 e. The lowest BCUT2D eigenvalue weighted by molar-refractivity contribution is 0.0461. The predicted octanol–water partition coefficient (Wildman–Crippen LogP) is 8.67. The summed E-state index contributed by atoms with van der Waals surface area (Å²) >= 11 is 3.39. The average Bonchev–Trinajstić information content (AvgIpc) is 3.44. The Balaban J connectivity index is 1.76. The zero-order valence-electron chi connectivity index (χ0n) is 19.9. The van der Waals surface area contributed by atoms with Crippen LogP contribution in [0.3, 0.4) is 0 Å². The van der Waals surface area contributed by atoms with Crippen molar-refractivity contribution in [3.05, 3.63) is 75.8 Å². The minimum Gasteiger partial charge on any atom is -0.451 e. The van der Waals surface area contributed by atoms with Gasteiger partial charge in [-0.05, 0) is 75.1 Å². The first-order chi connectivity index (χ1) is 16.0. The van der Waals surface area contributed by atoms with Gasteiger partial charge in [-0.3, -0.25) is 0 Å². The molecule has 2 heterocycles. The molecule has 0 saturated heterocycles. The fraction of sp³-hybridized carbons (Fsp3) is 0.357. The lowest BCUT2D eigenvalue weighted by atomic mass is 9.68. The van der Waals surface area contributed by atoms with Crippen molar-refractivity contribution in [3.63, 3.8) is 0 Å². The standard InChI is InChI=1S/C28H30N2OS2/c1-6-7-12-21-19(4)17(2)18(3)20(5)28(21,26-29-22-13-8-10-15-24(22)32-26)31-27-30-23-14-9-11-16-25(23)33-27/h8-11,13-16,21H,6-7,12H2,1-5H3. The first-order valence-corrected chi connectivity index (χ1v) is 13.3. The van der Waals surface area contributed by atoms with Gasteiger partial charge in [-0.2, -0.15) is 0 Å². The quantitative estimate of drug-likeness (QED) is 0.280. The Morgan fingerprint density at radius 1 is 0.848 bits per heavy atom. The van der Waals surface area contributed by atoms with Crippen LogP contribution in [0.5, 0.6) is 5.19 Å². The maximum Gasteiger partial charge on any atom is 0.275 e. The van der Waals surface area contributed by atoms with Crippen LogP contribution in [0.4, 0.5) is 0 Å². The number of aromatic nitrogens is 2. The second-order valence-electron chi connectivity index (χ2n) is 9.02. The van der Waals surface area contributed by atoms with Gasteiger partial charge in [0.15, 0.2) is 5.60 Å². The van der Waals surface area contributed by atoms with Crippen molar-refractivity contribution in [1.29, 1.82) is 0 Å². The number of benzene rings is 2. The van der Waals surface area contributed by atoms with Crippen molar-refractivity contribution in [3.8, 4) is 5.19 Å². The summed E-state index contributed by atoms with van der Waals surface area (Å²) in [5, 5.41) is 1.75. The molecule has 2 aromatic heterocycles. The molecule has 170 valence electrons. The van der Waals surface area contributed by atoms with E-state index < -0.39 is 5.60 Å². The number of para-hydroxylation sites is 2. The summed E-state index contributed by atoms with van der Waals surface area (Å²) in [5.41, 5.74) is 6.73. The van der Waals surface area contributed by atoms with Gasteiger partial charge in [0, 0.05) is 5.92 Å². The highest BCUT2D eigenvalue weighted by molar-refractivity contribution is 7.20.